The van der Waals surface area contributed by atoms with Gasteiger partial charge in [-0.1, -0.05) is 23.4 Å². The van der Waals surface area contributed by atoms with Gasteiger partial charge in [0.25, 0.3) is 0 Å². The number of hydrogen-bond acceptors (Lipinski definition) is 6. The van der Waals surface area contributed by atoms with Crippen molar-refractivity contribution in [1.82, 2.24) is 19.7 Å². The Balaban J connectivity index is 1.59. The number of ether oxygens (including phenoxy) is 1. The molecule has 0 spiro atoms. The number of nitrogens with zero attached hydrogens (tertiary/aromatic N) is 4. The van der Waals surface area contributed by atoms with Crippen molar-refractivity contribution in [2.45, 2.75) is 24.9 Å². The van der Waals surface area contributed by atoms with Crippen LogP contribution >= 0.6 is 23.4 Å². The zero-order valence-electron chi connectivity index (χ0n) is 15.9. The van der Waals surface area contributed by atoms with Crippen LogP contribution in [0.1, 0.15) is 19.8 Å². The van der Waals surface area contributed by atoms with Crippen molar-refractivity contribution in [3.05, 3.63) is 29.3 Å². The van der Waals surface area contributed by atoms with E-state index in [2.05, 4.69) is 10.2 Å². The molecule has 7 nitrogen and oxygen atoms in total. The third-order valence-corrected chi connectivity index (χ3v) is 5.91. The van der Waals surface area contributed by atoms with E-state index in [1.54, 1.807) is 24.0 Å². The van der Waals surface area contributed by atoms with Crippen molar-refractivity contribution in [1.29, 1.82) is 0 Å². The Bertz CT molecular complexity index is 840. The third-order valence-electron chi connectivity index (χ3n) is 4.66. The van der Waals surface area contributed by atoms with Crippen LogP contribution in [0.2, 0.25) is 5.02 Å². The van der Waals surface area contributed by atoms with Gasteiger partial charge in [0.15, 0.2) is 11.0 Å². The lowest BCUT2D eigenvalue weighted by Crippen LogP contribution is -2.43. The Kier molecular flexibility index (Phi) is 6.96. The van der Waals surface area contributed by atoms with E-state index < -0.39 is 0 Å². The third kappa shape index (κ3) is 4.86. The van der Waals surface area contributed by atoms with Gasteiger partial charge in [-0.25, -0.2) is 0 Å². The van der Waals surface area contributed by atoms with Crippen LogP contribution in [0.15, 0.2) is 29.4 Å². The molecule has 3 rings (SSSR count). The van der Waals surface area contributed by atoms with E-state index >= 15 is 0 Å². The number of thioether (sulfide) groups is 1. The van der Waals surface area contributed by atoms with Crippen molar-refractivity contribution < 1.29 is 14.3 Å². The summed E-state index contributed by atoms with van der Waals surface area (Å²) in [6.45, 7) is 3.25. The number of aromatic nitrogens is 3. The second-order valence-electron chi connectivity index (χ2n) is 6.59. The number of amides is 1. The molecule has 1 atom stereocenters. The van der Waals surface area contributed by atoms with Gasteiger partial charge in [-0.15, -0.1) is 10.2 Å². The Labute approximate surface area is 173 Å². The van der Waals surface area contributed by atoms with Crippen LogP contribution in [-0.2, 0) is 21.4 Å². The molecule has 1 aliphatic rings. The van der Waals surface area contributed by atoms with Crippen molar-refractivity contribution in [2.75, 3.05) is 25.4 Å². The van der Waals surface area contributed by atoms with Gasteiger partial charge in [-0.05, 0) is 44.0 Å². The molecule has 28 heavy (non-hydrogen) atoms. The van der Waals surface area contributed by atoms with Crippen molar-refractivity contribution in [3.63, 3.8) is 0 Å². The van der Waals surface area contributed by atoms with Gasteiger partial charge in [-0.3, -0.25) is 9.59 Å². The molecule has 150 valence electrons. The average molecular weight is 423 g/mol. The molecule has 0 unspecified atom stereocenters. The average Bonchev–Trinajstić information content (AvgIpc) is 3.07. The summed E-state index contributed by atoms with van der Waals surface area (Å²) in [7, 11) is 1.87. The second kappa shape index (κ2) is 9.43. The Hall–Kier alpha value is -2.06. The van der Waals surface area contributed by atoms with Crippen LogP contribution in [0.5, 0.6) is 0 Å². The van der Waals surface area contributed by atoms with Crippen LogP contribution in [-0.4, -0.2) is 57.0 Å². The van der Waals surface area contributed by atoms with E-state index in [0.717, 1.165) is 18.4 Å². The molecule has 1 aromatic heterocycles. The first-order valence-electron chi connectivity index (χ1n) is 9.22. The van der Waals surface area contributed by atoms with Crippen LogP contribution in [0.25, 0.3) is 11.4 Å². The Morgan fingerprint density at radius 2 is 2.04 bits per heavy atom. The van der Waals surface area contributed by atoms with E-state index in [0.29, 0.717) is 35.7 Å². The van der Waals surface area contributed by atoms with E-state index in [4.69, 9.17) is 16.3 Å². The number of benzene rings is 1. The molecule has 0 bridgehead atoms. The standard InChI is InChI=1S/C19H23ClN4O3S/c1-3-27-18(26)14-5-4-10-24(11-14)16(25)12-28-19-22-21-17(23(19)2)13-6-8-15(20)9-7-13/h6-9,14H,3-5,10-12H2,1-2H3/t14-/m1/s1. The number of likely N-dealkylation sites (tertiary alicyclic amines) is 1. The van der Waals surface area contributed by atoms with Gasteiger partial charge >= 0.3 is 5.97 Å². The molecular formula is C19H23ClN4O3S. The normalized spacial score (nSPS) is 16.8. The summed E-state index contributed by atoms with van der Waals surface area (Å²) in [5.74, 6) is 0.520. The predicted molar refractivity (Wildman–Crippen MR) is 108 cm³/mol. The zero-order valence-corrected chi connectivity index (χ0v) is 17.5. The SMILES string of the molecule is CCOC(=O)[C@@H]1CCCN(C(=O)CSc2nnc(-c3ccc(Cl)cc3)n2C)C1. The van der Waals surface area contributed by atoms with E-state index in [1.165, 1.54) is 11.8 Å². The van der Waals surface area contributed by atoms with Crippen molar-refractivity contribution in [2.24, 2.45) is 13.0 Å². The van der Waals surface area contributed by atoms with E-state index in [1.807, 2.05) is 23.7 Å². The van der Waals surface area contributed by atoms with Gasteiger partial charge in [0.1, 0.15) is 0 Å². The first kappa shape index (κ1) is 20.7. The van der Waals surface area contributed by atoms with Crippen LogP contribution in [0.3, 0.4) is 0 Å². The fraction of sp³-hybridized carbons (Fsp3) is 0.474. The van der Waals surface area contributed by atoms with Crippen molar-refractivity contribution in [3.8, 4) is 11.4 Å². The van der Waals surface area contributed by atoms with Gasteiger partial charge in [0, 0.05) is 30.7 Å². The summed E-state index contributed by atoms with van der Waals surface area (Å²) < 4.78 is 6.95. The molecule has 1 saturated heterocycles. The molecule has 2 aromatic rings. The molecule has 0 aliphatic carbocycles. The predicted octanol–water partition coefficient (Wildman–Crippen LogP) is 3.03. The molecule has 1 fully saturated rings. The van der Waals surface area contributed by atoms with Gasteiger partial charge in [0.2, 0.25) is 5.91 Å². The second-order valence-corrected chi connectivity index (χ2v) is 7.97. The number of rotatable bonds is 6. The Morgan fingerprint density at radius 1 is 1.29 bits per heavy atom. The minimum Gasteiger partial charge on any atom is -0.466 e. The summed E-state index contributed by atoms with van der Waals surface area (Å²) in [5.41, 5.74) is 0.908. The fourth-order valence-electron chi connectivity index (χ4n) is 3.16. The maximum Gasteiger partial charge on any atom is 0.310 e. The highest BCUT2D eigenvalue weighted by molar-refractivity contribution is 7.99. The molecule has 9 heteroatoms. The summed E-state index contributed by atoms with van der Waals surface area (Å²) in [6.07, 6.45) is 1.58. The highest BCUT2D eigenvalue weighted by Gasteiger charge is 2.29. The van der Waals surface area contributed by atoms with Gasteiger partial charge in [-0.2, -0.15) is 0 Å². The maximum absolute atomic E-state index is 12.6. The Morgan fingerprint density at radius 3 is 2.75 bits per heavy atom. The number of carbonyl (C=O) groups excluding carboxylic acids is 2. The van der Waals surface area contributed by atoms with Crippen LogP contribution in [0, 0.1) is 5.92 Å². The first-order valence-corrected chi connectivity index (χ1v) is 10.6. The largest absolute Gasteiger partial charge is 0.466 e. The molecule has 1 aliphatic heterocycles. The van der Waals surface area contributed by atoms with Crippen LogP contribution in [0.4, 0.5) is 0 Å². The zero-order chi connectivity index (χ0) is 20.1. The van der Waals surface area contributed by atoms with Gasteiger partial charge in [0.05, 0.1) is 18.3 Å². The van der Waals surface area contributed by atoms with Gasteiger partial charge < -0.3 is 14.2 Å². The first-order chi connectivity index (χ1) is 13.5. The quantitative estimate of drug-likeness (QED) is 0.526. The summed E-state index contributed by atoms with van der Waals surface area (Å²) in [6, 6.07) is 7.38. The number of esters is 1. The number of hydrogen-bond donors (Lipinski definition) is 0. The molecule has 1 amide bonds. The topological polar surface area (TPSA) is 77.3 Å². The molecule has 0 radical (unpaired) electrons. The molecule has 0 N–H and O–H groups in total. The van der Waals surface area contributed by atoms with E-state index in [-0.39, 0.29) is 23.5 Å². The summed E-state index contributed by atoms with van der Waals surface area (Å²) in [5, 5.41) is 9.75. The lowest BCUT2D eigenvalue weighted by Gasteiger charge is -2.31. The minimum absolute atomic E-state index is 0.00459. The molecule has 1 aromatic carbocycles. The highest BCUT2D eigenvalue weighted by Crippen LogP contribution is 2.25. The molecule has 0 saturated carbocycles. The molecule has 2 heterocycles. The number of carbonyl (C=O) groups is 2. The fourth-order valence-corrected chi connectivity index (χ4v) is 4.10. The monoisotopic (exact) mass is 422 g/mol. The number of piperidine rings is 1. The van der Waals surface area contributed by atoms with Crippen LogP contribution < -0.4 is 0 Å². The van der Waals surface area contributed by atoms with Crippen molar-refractivity contribution >= 4 is 35.2 Å². The van der Waals surface area contributed by atoms with E-state index in [9.17, 15) is 9.59 Å². The highest BCUT2D eigenvalue weighted by atomic mass is 35.5. The summed E-state index contributed by atoms with van der Waals surface area (Å²) in [4.78, 5) is 26.3. The molecular weight excluding hydrogens is 400 g/mol. The smallest absolute Gasteiger partial charge is 0.310 e. The number of halogens is 1. The minimum atomic E-state index is -0.228. The maximum atomic E-state index is 12.6. The lowest BCUT2D eigenvalue weighted by atomic mass is 9.98. The summed E-state index contributed by atoms with van der Waals surface area (Å²) >= 11 is 7.28. The lowest BCUT2D eigenvalue weighted by molar-refractivity contribution is -0.151.